The van der Waals surface area contributed by atoms with E-state index in [-0.39, 0.29) is 6.54 Å². The van der Waals surface area contributed by atoms with Gasteiger partial charge in [-0.1, -0.05) is 30.3 Å². The van der Waals surface area contributed by atoms with E-state index in [1.165, 1.54) is 21.9 Å². The highest BCUT2D eigenvalue weighted by Crippen LogP contribution is 2.24. The van der Waals surface area contributed by atoms with Gasteiger partial charge >= 0.3 is 0 Å². The van der Waals surface area contributed by atoms with Gasteiger partial charge in [0, 0.05) is 30.2 Å². The Hall–Kier alpha value is -3.27. The predicted molar refractivity (Wildman–Crippen MR) is 132 cm³/mol. The molecule has 1 aromatic carbocycles. The SMILES string of the molecule is Cc1nc2c(n1Cc1csc(CNC(=O)[C@H](O)[C@@H](O)C(=O)N3Cc4ccccc4C3)c1)CCC=C2. The van der Waals surface area contributed by atoms with Crippen molar-refractivity contribution in [3.63, 3.8) is 0 Å². The highest BCUT2D eigenvalue weighted by Gasteiger charge is 2.35. The summed E-state index contributed by atoms with van der Waals surface area (Å²) in [4.78, 5) is 32.1. The van der Waals surface area contributed by atoms with Gasteiger partial charge in [-0.15, -0.1) is 11.3 Å². The molecule has 35 heavy (non-hydrogen) atoms. The molecule has 3 heterocycles. The lowest BCUT2D eigenvalue weighted by Gasteiger charge is -2.22. The zero-order valence-electron chi connectivity index (χ0n) is 19.5. The lowest BCUT2D eigenvalue weighted by atomic mass is 10.1. The monoisotopic (exact) mass is 492 g/mol. The highest BCUT2D eigenvalue weighted by atomic mass is 32.1. The van der Waals surface area contributed by atoms with Gasteiger partial charge in [-0.25, -0.2) is 4.98 Å². The van der Waals surface area contributed by atoms with Crippen LogP contribution in [0.15, 0.2) is 41.8 Å². The average molecular weight is 493 g/mol. The summed E-state index contributed by atoms with van der Waals surface area (Å²) in [7, 11) is 0. The Morgan fingerprint density at radius 2 is 1.91 bits per heavy atom. The number of aliphatic hydroxyl groups is 2. The number of carbonyl (C=O) groups excluding carboxylic acids is 2. The Morgan fingerprint density at radius 3 is 2.66 bits per heavy atom. The highest BCUT2D eigenvalue weighted by molar-refractivity contribution is 7.10. The van der Waals surface area contributed by atoms with Crippen LogP contribution >= 0.6 is 11.3 Å². The van der Waals surface area contributed by atoms with E-state index in [1.54, 1.807) is 0 Å². The normalized spacial score (nSPS) is 16.0. The van der Waals surface area contributed by atoms with Crippen LogP contribution in [0.2, 0.25) is 0 Å². The van der Waals surface area contributed by atoms with Gasteiger partial charge in [0.05, 0.1) is 12.2 Å². The lowest BCUT2D eigenvalue weighted by molar-refractivity contribution is -0.153. The van der Waals surface area contributed by atoms with Gasteiger partial charge < -0.3 is 25.0 Å². The number of nitrogens with one attached hydrogen (secondary N) is 1. The molecule has 0 radical (unpaired) electrons. The maximum Gasteiger partial charge on any atom is 0.255 e. The number of nitrogens with zero attached hydrogens (tertiary/aromatic N) is 3. The van der Waals surface area contributed by atoms with Crippen LogP contribution in [0, 0.1) is 6.92 Å². The van der Waals surface area contributed by atoms with E-state index in [1.807, 2.05) is 42.6 Å². The van der Waals surface area contributed by atoms with Crippen LogP contribution in [0.1, 0.15) is 45.2 Å². The number of aliphatic hydroxyl groups excluding tert-OH is 2. The van der Waals surface area contributed by atoms with E-state index in [0.29, 0.717) is 19.6 Å². The molecular weight excluding hydrogens is 464 g/mol. The Morgan fingerprint density at radius 1 is 1.17 bits per heavy atom. The van der Waals surface area contributed by atoms with Crippen molar-refractivity contribution >= 4 is 29.2 Å². The molecule has 5 rings (SSSR count). The van der Waals surface area contributed by atoms with Crippen LogP contribution in [-0.2, 0) is 42.2 Å². The number of amides is 2. The van der Waals surface area contributed by atoms with Gasteiger partial charge in [0.2, 0.25) is 0 Å². The van der Waals surface area contributed by atoms with Gasteiger partial charge in [0.25, 0.3) is 11.8 Å². The minimum Gasteiger partial charge on any atom is -0.380 e. The third-order valence-corrected chi connectivity index (χ3v) is 7.56. The number of benzene rings is 1. The number of carbonyl (C=O) groups is 2. The smallest absolute Gasteiger partial charge is 0.255 e. The van der Waals surface area contributed by atoms with E-state index in [2.05, 4.69) is 27.0 Å². The zero-order chi connectivity index (χ0) is 24.5. The molecule has 0 bridgehead atoms. The standard InChI is InChI=1S/C26H28N4O4S/c1-16-28-21-8-4-5-9-22(21)30(16)12-17-10-20(35-15-17)11-27-25(33)23(31)24(32)26(34)29-13-18-6-2-3-7-19(18)14-29/h2-4,6-8,10,15,23-24,31-32H,5,9,11-14H2,1H3,(H,27,33)/t23-,24-/m1/s1. The van der Waals surface area contributed by atoms with E-state index >= 15 is 0 Å². The van der Waals surface area contributed by atoms with Gasteiger partial charge in [-0.3, -0.25) is 9.59 Å². The molecule has 1 aliphatic carbocycles. The molecule has 3 N–H and O–H groups in total. The summed E-state index contributed by atoms with van der Waals surface area (Å²) >= 11 is 1.51. The Labute approximate surface area is 207 Å². The number of imidazole rings is 1. The Balaban J connectivity index is 1.15. The summed E-state index contributed by atoms with van der Waals surface area (Å²) in [6.45, 7) is 3.64. The fraction of sp³-hybridized carbons (Fsp3) is 0.346. The van der Waals surface area contributed by atoms with Crippen LogP contribution in [0.4, 0.5) is 0 Å². The predicted octanol–water partition coefficient (Wildman–Crippen LogP) is 2.14. The minimum absolute atomic E-state index is 0.209. The van der Waals surface area contributed by atoms with Gasteiger partial charge in [0.15, 0.2) is 12.2 Å². The largest absolute Gasteiger partial charge is 0.380 e. The third kappa shape index (κ3) is 4.80. The molecule has 8 nitrogen and oxygen atoms in total. The van der Waals surface area contributed by atoms with Crippen molar-refractivity contribution in [1.82, 2.24) is 19.8 Å². The molecule has 1 aliphatic heterocycles. The number of hydrogen-bond acceptors (Lipinski definition) is 6. The molecule has 0 saturated heterocycles. The molecule has 182 valence electrons. The molecule has 2 atom stereocenters. The van der Waals surface area contributed by atoms with E-state index in [4.69, 9.17) is 0 Å². The van der Waals surface area contributed by atoms with Gasteiger partial charge in [-0.05, 0) is 54.0 Å². The van der Waals surface area contributed by atoms with Crippen molar-refractivity contribution in [2.24, 2.45) is 0 Å². The van der Waals surface area contributed by atoms with Crippen molar-refractivity contribution < 1.29 is 19.8 Å². The molecule has 2 aromatic heterocycles. The molecule has 0 saturated carbocycles. The molecule has 9 heteroatoms. The first-order valence-electron chi connectivity index (χ1n) is 11.7. The van der Waals surface area contributed by atoms with Gasteiger partial charge in [0.1, 0.15) is 5.82 Å². The van der Waals surface area contributed by atoms with Crippen LogP contribution in [0.3, 0.4) is 0 Å². The van der Waals surface area contributed by atoms with Crippen LogP contribution < -0.4 is 5.32 Å². The van der Waals surface area contributed by atoms with Crippen LogP contribution in [0.25, 0.3) is 6.08 Å². The number of aryl methyl sites for hydroxylation is 1. The van der Waals surface area contributed by atoms with Gasteiger partial charge in [-0.2, -0.15) is 0 Å². The number of rotatable bonds is 7. The third-order valence-electron chi connectivity index (χ3n) is 6.58. The Bertz CT molecular complexity index is 1270. The molecule has 0 spiro atoms. The maximum absolute atomic E-state index is 12.6. The first kappa shape index (κ1) is 23.5. The van der Waals surface area contributed by atoms with Crippen molar-refractivity contribution in [2.75, 3.05) is 0 Å². The summed E-state index contributed by atoms with van der Waals surface area (Å²) in [6, 6.07) is 9.65. The molecular formula is C26H28N4O4S. The first-order chi connectivity index (χ1) is 16.9. The summed E-state index contributed by atoms with van der Waals surface area (Å²) in [5, 5.41) is 25.3. The summed E-state index contributed by atoms with van der Waals surface area (Å²) < 4.78 is 2.23. The number of hydrogen-bond donors (Lipinski definition) is 3. The molecule has 0 unspecified atom stereocenters. The molecule has 2 amide bonds. The number of fused-ring (bicyclic) bond motifs is 2. The topological polar surface area (TPSA) is 108 Å². The summed E-state index contributed by atoms with van der Waals surface area (Å²) in [6.07, 6.45) is 2.56. The maximum atomic E-state index is 12.6. The number of allylic oxidation sites excluding steroid dienone is 1. The van der Waals surface area contributed by atoms with Crippen molar-refractivity contribution in [1.29, 1.82) is 0 Å². The molecule has 2 aliphatic rings. The van der Waals surface area contributed by atoms with Crippen molar-refractivity contribution in [3.8, 4) is 0 Å². The number of aromatic nitrogens is 2. The fourth-order valence-electron chi connectivity index (χ4n) is 4.67. The number of thiophene rings is 1. The summed E-state index contributed by atoms with van der Waals surface area (Å²) in [5.74, 6) is -0.453. The van der Waals surface area contributed by atoms with E-state index < -0.39 is 24.0 Å². The fourth-order valence-corrected chi connectivity index (χ4v) is 5.49. The van der Waals surface area contributed by atoms with Crippen LogP contribution in [0.5, 0.6) is 0 Å². The van der Waals surface area contributed by atoms with Crippen molar-refractivity contribution in [2.45, 2.75) is 58.2 Å². The van der Waals surface area contributed by atoms with E-state index in [9.17, 15) is 19.8 Å². The average Bonchev–Trinajstić information content (AvgIpc) is 3.58. The molecule has 0 fully saturated rings. The van der Waals surface area contributed by atoms with Crippen molar-refractivity contribution in [3.05, 3.63) is 80.6 Å². The minimum atomic E-state index is -1.83. The lowest BCUT2D eigenvalue weighted by Crippen LogP contribution is -2.49. The van der Waals surface area contributed by atoms with E-state index in [0.717, 1.165) is 45.9 Å². The van der Waals surface area contributed by atoms with Crippen LogP contribution in [-0.4, -0.2) is 48.7 Å². The Kier molecular flexibility index (Phi) is 6.55. The second kappa shape index (κ2) is 9.77. The summed E-state index contributed by atoms with van der Waals surface area (Å²) in [5.41, 5.74) is 5.40. The second-order valence-electron chi connectivity index (χ2n) is 9.01. The zero-order valence-corrected chi connectivity index (χ0v) is 20.3. The second-order valence-corrected chi connectivity index (χ2v) is 10.0. The molecule has 3 aromatic rings. The first-order valence-corrected chi connectivity index (χ1v) is 12.6. The quantitative estimate of drug-likeness (QED) is 0.469.